The van der Waals surface area contributed by atoms with Gasteiger partial charge in [0.2, 0.25) is 5.91 Å². The monoisotopic (exact) mass is 493 g/mol. The van der Waals surface area contributed by atoms with E-state index in [2.05, 4.69) is 18.8 Å². The maximum absolute atomic E-state index is 14.2. The van der Waals surface area contributed by atoms with Crippen LogP contribution in [0, 0.1) is 29.1 Å². The molecule has 1 amide bonds. The quantitative estimate of drug-likeness (QED) is 0.440. The lowest BCUT2D eigenvalue weighted by Crippen LogP contribution is -2.60. The number of benzene rings is 1. The Hall–Kier alpha value is -2.70. The molecule has 6 nitrogen and oxygen atoms in total. The van der Waals surface area contributed by atoms with E-state index in [1.54, 1.807) is 19.1 Å². The van der Waals surface area contributed by atoms with Crippen molar-refractivity contribution < 1.29 is 24.5 Å². The molecule has 3 aliphatic rings. The maximum Gasteiger partial charge on any atom is 0.303 e. The predicted molar refractivity (Wildman–Crippen MR) is 139 cm³/mol. The first kappa shape index (κ1) is 26.4. The smallest absolute Gasteiger partial charge is 0.303 e. The number of esters is 1. The Labute approximate surface area is 214 Å². The lowest BCUT2D eigenvalue weighted by atomic mass is 9.51. The molecule has 1 heterocycles. The van der Waals surface area contributed by atoms with Crippen LogP contribution in [0.1, 0.15) is 46.1 Å². The Morgan fingerprint density at radius 1 is 1.22 bits per heavy atom. The normalized spacial score (nSPS) is 42.3. The second-order valence-corrected chi connectivity index (χ2v) is 11.3. The topological polar surface area (TPSA) is 95.9 Å². The number of hydrogen-bond donors (Lipinski definition) is 3. The van der Waals surface area contributed by atoms with E-state index in [0.29, 0.717) is 24.8 Å². The highest BCUT2D eigenvalue weighted by molar-refractivity contribution is 5.89. The summed E-state index contributed by atoms with van der Waals surface area (Å²) in [5.41, 5.74) is -0.635. The number of hydrogen-bond acceptors (Lipinski definition) is 5. The molecule has 1 aromatic rings. The van der Waals surface area contributed by atoms with Gasteiger partial charge in [-0.3, -0.25) is 9.59 Å². The molecule has 1 saturated heterocycles. The highest BCUT2D eigenvalue weighted by atomic mass is 16.5. The van der Waals surface area contributed by atoms with Crippen molar-refractivity contribution in [2.75, 3.05) is 0 Å². The first-order chi connectivity index (χ1) is 17.0. The van der Waals surface area contributed by atoms with E-state index < -0.39 is 35.1 Å². The van der Waals surface area contributed by atoms with Crippen LogP contribution in [0.15, 0.2) is 66.8 Å². The third-order valence-electron chi connectivity index (χ3n) is 8.43. The molecule has 1 saturated carbocycles. The highest BCUT2D eigenvalue weighted by Crippen LogP contribution is 2.58. The van der Waals surface area contributed by atoms with Crippen molar-refractivity contribution in [3.63, 3.8) is 0 Å². The van der Waals surface area contributed by atoms with Crippen LogP contribution in [0.3, 0.4) is 0 Å². The average Bonchev–Trinajstić information content (AvgIpc) is 3.08. The van der Waals surface area contributed by atoms with Crippen molar-refractivity contribution in [3.8, 4) is 0 Å². The predicted octanol–water partition coefficient (Wildman–Crippen LogP) is 3.74. The van der Waals surface area contributed by atoms with E-state index in [-0.39, 0.29) is 29.7 Å². The summed E-state index contributed by atoms with van der Waals surface area (Å²) in [4.78, 5) is 26.5. The minimum atomic E-state index is -1.26. The molecule has 0 radical (unpaired) electrons. The van der Waals surface area contributed by atoms with Crippen molar-refractivity contribution in [2.24, 2.45) is 29.1 Å². The lowest BCUT2D eigenvalue weighted by molar-refractivity contribution is -0.166. The van der Waals surface area contributed by atoms with Gasteiger partial charge >= 0.3 is 5.97 Å². The summed E-state index contributed by atoms with van der Waals surface area (Å²) in [6, 6.07) is 9.73. The first-order valence-corrected chi connectivity index (χ1v) is 12.9. The SMILES string of the molecule is C=C1[C@@H](O)[C@H]2/C=C/C[C@@H](C)C[C@](C)(O)/C=C\[C@@H](OC(C)=O)[C@]23C(=O)N[C@@H](Cc2ccccc2)[C@H]3[C@H]1C. The fraction of sp³-hybridized carbons (Fsp3) is 0.533. The number of aliphatic hydroxyl groups excluding tert-OH is 1. The van der Waals surface area contributed by atoms with E-state index >= 15 is 0 Å². The van der Waals surface area contributed by atoms with Gasteiger partial charge in [-0.15, -0.1) is 0 Å². The Morgan fingerprint density at radius 3 is 2.58 bits per heavy atom. The summed E-state index contributed by atoms with van der Waals surface area (Å²) >= 11 is 0. The van der Waals surface area contributed by atoms with Gasteiger partial charge in [0.1, 0.15) is 11.5 Å². The minimum Gasteiger partial charge on any atom is -0.457 e. The van der Waals surface area contributed by atoms with Gasteiger partial charge in [-0.05, 0) is 55.2 Å². The van der Waals surface area contributed by atoms with Crippen molar-refractivity contribution in [2.45, 2.75) is 70.8 Å². The molecule has 0 aromatic heterocycles. The Kier molecular flexibility index (Phi) is 7.31. The molecule has 194 valence electrons. The summed E-state index contributed by atoms with van der Waals surface area (Å²) in [6.45, 7) is 11.3. The number of amides is 1. The van der Waals surface area contributed by atoms with Crippen molar-refractivity contribution in [3.05, 3.63) is 72.4 Å². The maximum atomic E-state index is 14.2. The number of carbonyl (C=O) groups excluding carboxylic acids is 2. The molecule has 4 rings (SSSR count). The molecular weight excluding hydrogens is 454 g/mol. The second-order valence-electron chi connectivity index (χ2n) is 11.3. The lowest BCUT2D eigenvalue weighted by Gasteiger charge is -2.52. The van der Waals surface area contributed by atoms with E-state index in [1.165, 1.54) is 6.92 Å². The number of carbonyl (C=O) groups is 2. The number of ether oxygens (including phenoxy) is 1. The molecule has 2 aliphatic carbocycles. The van der Waals surface area contributed by atoms with E-state index in [4.69, 9.17) is 4.74 Å². The number of aliphatic hydroxyl groups is 2. The molecule has 1 spiro atoms. The number of allylic oxidation sites excluding steroid dienone is 1. The van der Waals surface area contributed by atoms with Crippen LogP contribution in [-0.2, 0) is 20.7 Å². The Bertz CT molecular complexity index is 1060. The summed E-state index contributed by atoms with van der Waals surface area (Å²) in [6.07, 6.45) is 7.09. The summed E-state index contributed by atoms with van der Waals surface area (Å²) in [7, 11) is 0. The fourth-order valence-electron chi connectivity index (χ4n) is 6.90. The zero-order valence-electron chi connectivity index (χ0n) is 21.7. The molecule has 0 unspecified atom stereocenters. The molecule has 9 atom stereocenters. The van der Waals surface area contributed by atoms with E-state index in [1.807, 2.05) is 49.4 Å². The molecule has 36 heavy (non-hydrogen) atoms. The van der Waals surface area contributed by atoms with E-state index in [0.717, 1.165) is 5.56 Å². The van der Waals surface area contributed by atoms with Gasteiger partial charge in [-0.1, -0.05) is 69.0 Å². The van der Waals surface area contributed by atoms with Gasteiger partial charge in [-0.25, -0.2) is 0 Å². The van der Waals surface area contributed by atoms with Crippen molar-refractivity contribution >= 4 is 11.9 Å². The van der Waals surface area contributed by atoms with Crippen LogP contribution < -0.4 is 5.32 Å². The number of rotatable bonds is 3. The van der Waals surface area contributed by atoms with Crippen LogP contribution in [0.5, 0.6) is 0 Å². The zero-order valence-corrected chi connectivity index (χ0v) is 21.7. The average molecular weight is 494 g/mol. The number of nitrogens with one attached hydrogen (secondary N) is 1. The van der Waals surface area contributed by atoms with Crippen LogP contribution in [0.4, 0.5) is 0 Å². The Balaban J connectivity index is 1.92. The minimum absolute atomic E-state index is 0.170. The molecule has 2 fully saturated rings. The first-order valence-electron chi connectivity index (χ1n) is 12.9. The second kappa shape index (κ2) is 9.98. The molecule has 6 heteroatoms. The van der Waals surface area contributed by atoms with Crippen LogP contribution >= 0.6 is 0 Å². The van der Waals surface area contributed by atoms with Gasteiger partial charge in [0, 0.05) is 24.8 Å². The van der Waals surface area contributed by atoms with Crippen LogP contribution in [0.2, 0.25) is 0 Å². The van der Waals surface area contributed by atoms with Crippen LogP contribution in [0.25, 0.3) is 0 Å². The van der Waals surface area contributed by atoms with Gasteiger partial charge in [0.05, 0.1) is 11.7 Å². The molecule has 0 bridgehead atoms. The highest BCUT2D eigenvalue weighted by Gasteiger charge is 2.68. The summed E-state index contributed by atoms with van der Waals surface area (Å²) in [5.74, 6) is -1.75. The summed E-state index contributed by atoms with van der Waals surface area (Å²) in [5, 5.41) is 25.8. The fourth-order valence-corrected chi connectivity index (χ4v) is 6.90. The van der Waals surface area contributed by atoms with E-state index in [9.17, 15) is 19.8 Å². The third-order valence-corrected chi connectivity index (χ3v) is 8.43. The Morgan fingerprint density at radius 2 is 1.92 bits per heavy atom. The van der Waals surface area contributed by atoms with Crippen LogP contribution in [-0.4, -0.2) is 45.9 Å². The van der Waals surface area contributed by atoms with Gasteiger partial charge in [0.25, 0.3) is 0 Å². The van der Waals surface area contributed by atoms with Gasteiger partial charge in [0.15, 0.2) is 0 Å². The molecule has 3 N–H and O–H groups in total. The van der Waals surface area contributed by atoms with Crippen molar-refractivity contribution in [1.29, 1.82) is 0 Å². The van der Waals surface area contributed by atoms with Gasteiger partial charge < -0.3 is 20.3 Å². The largest absolute Gasteiger partial charge is 0.457 e. The standard InChI is InChI=1S/C30H39NO5/c1-18-10-9-13-23-27(33)20(3)19(2)26-24(16-22-11-7-6-8-12-22)31-28(34)30(23,26)25(36-21(4)32)14-15-29(5,35)17-18/h6-9,11-15,18-19,23-27,33,35H,3,10,16-17H2,1-2,4-5H3,(H,31,34)/b13-9+,15-14-/t18-,19+,23-,24+,25-,26-,27-,29-,30-/m1/s1. The molecule has 1 aliphatic heterocycles. The third kappa shape index (κ3) is 4.69. The molecular formula is C30H39NO5. The summed E-state index contributed by atoms with van der Waals surface area (Å²) < 4.78 is 5.89. The van der Waals surface area contributed by atoms with Crippen molar-refractivity contribution in [1.82, 2.24) is 5.32 Å². The zero-order chi connectivity index (χ0) is 26.3. The van der Waals surface area contributed by atoms with Gasteiger partial charge in [-0.2, -0.15) is 0 Å². The molecule has 1 aromatic carbocycles.